The molecule has 0 bridgehead atoms. The molecule has 2 N–H and O–H groups in total. The van der Waals surface area contributed by atoms with E-state index in [2.05, 4.69) is 5.32 Å². The van der Waals surface area contributed by atoms with Crippen LogP contribution in [0.2, 0.25) is 5.02 Å². The Bertz CT molecular complexity index is 412. The molecule has 0 aromatic heterocycles. The number of aliphatic hydroxyl groups is 1. The van der Waals surface area contributed by atoms with Crippen LogP contribution >= 0.6 is 11.6 Å². The minimum absolute atomic E-state index is 0.0601. The largest absolute Gasteiger partial charge is 0.394 e. The van der Waals surface area contributed by atoms with Crippen LogP contribution in [0.1, 0.15) is 25.5 Å². The number of rotatable bonds is 4. The molecule has 0 spiro atoms. The minimum Gasteiger partial charge on any atom is -0.394 e. The Morgan fingerprint density at radius 2 is 2.17 bits per heavy atom. The normalized spacial score (nSPS) is 13.8. The maximum absolute atomic E-state index is 11.9. The van der Waals surface area contributed by atoms with Crippen molar-refractivity contribution < 1.29 is 9.90 Å². The van der Waals surface area contributed by atoms with Crippen molar-refractivity contribution in [2.24, 2.45) is 0 Å². The van der Waals surface area contributed by atoms with E-state index in [1.165, 1.54) is 4.90 Å². The summed E-state index contributed by atoms with van der Waals surface area (Å²) >= 11 is 5.90. The zero-order valence-electron chi connectivity index (χ0n) is 10.9. The number of carbonyl (C=O) groups is 1. The summed E-state index contributed by atoms with van der Waals surface area (Å²) in [6.45, 7) is 3.61. The van der Waals surface area contributed by atoms with Crippen LogP contribution in [0.5, 0.6) is 0 Å². The molecule has 1 aromatic carbocycles. The summed E-state index contributed by atoms with van der Waals surface area (Å²) in [4.78, 5) is 13.4. The van der Waals surface area contributed by atoms with Crippen LogP contribution < -0.4 is 5.32 Å². The molecule has 0 radical (unpaired) electrons. The molecule has 2 atom stereocenters. The minimum atomic E-state index is -0.218. The first kappa shape index (κ1) is 14.8. The Hall–Kier alpha value is -1.26. The molecule has 1 rings (SSSR count). The van der Waals surface area contributed by atoms with Gasteiger partial charge in [0.15, 0.2) is 0 Å². The predicted octanol–water partition coefficient (Wildman–Crippen LogP) is 2.42. The van der Waals surface area contributed by atoms with Gasteiger partial charge >= 0.3 is 6.03 Å². The summed E-state index contributed by atoms with van der Waals surface area (Å²) in [6.07, 6.45) is 0. The highest BCUT2D eigenvalue weighted by molar-refractivity contribution is 6.30. The Balaban J connectivity index is 2.65. The van der Waals surface area contributed by atoms with E-state index in [4.69, 9.17) is 16.7 Å². The number of likely N-dealkylation sites (N-methyl/N-ethyl adjacent to an activating group) is 1. The number of benzene rings is 1. The number of nitrogens with one attached hydrogen (secondary N) is 1. The standard InChI is InChI=1S/C13H19ClN2O2/c1-9(8-17)16(3)13(18)15-10(2)11-5-4-6-12(14)7-11/h4-7,9-10,17H,8H2,1-3H3,(H,15,18). The smallest absolute Gasteiger partial charge is 0.317 e. The van der Waals surface area contributed by atoms with Crippen LogP contribution in [0.15, 0.2) is 24.3 Å². The quantitative estimate of drug-likeness (QED) is 0.883. The average Bonchev–Trinajstić information content (AvgIpc) is 2.36. The highest BCUT2D eigenvalue weighted by Gasteiger charge is 2.17. The van der Waals surface area contributed by atoms with Crippen molar-refractivity contribution in [3.63, 3.8) is 0 Å². The highest BCUT2D eigenvalue weighted by Crippen LogP contribution is 2.17. The number of aliphatic hydroxyl groups excluding tert-OH is 1. The fraction of sp³-hybridized carbons (Fsp3) is 0.462. The van der Waals surface area contributed by atoms with Gasteiger partial charge in [0.1, 0.15) is 0 Å². The molecular formula is C13H19ClN2O2. The topological polar surface area (TPSA) is 52.6 Å². The second kappa shape index (κ2) is 6.61. The molecule has 0 fully saturated rings. The fourth-order valence-electron chi connectivity index (χ4n) is 1.47. The van der Waals surface area contributed by atoms with E-state index >= 15 is 0 Å². The van der Waals surface area contributed by atoms with Crippen molar-refractivity contribution >= 4 is 17.6 Å². The number of urea groups is 1. The van der Waals surface area contributed by atoms with Crippen molar-refractivity contribution in [3.05, 3.63) is 34.9 Å². The van der Waals surface area contributed by atoms with E-state index in [1.54, 1.807) is 20.0 Å². The number of halogens is 1. The van der Waals surface area contributed by atoms with E-state index in [9.17, 15) is 4.79 Å². The summed E-state index contributed by atoms with van der Waals surface area (Å²) in [5.41, 5.74) is 0.945. The number of carbonyl (C=O) groups excluding carboxylic acids is 1. The lowest BCUT2D eigenvalue weighted by atomic mass is 10.1. The van der Waals surface area contributed by atoms with E-state index in [0.29, 0.717) is 5.02 Å². The molecule has 0 aliphatic rings. The average molecular weight is 271 g/mol. The van der Waals surface area contributed by atoms with Crippen molar-refractivity contribution in [1.29, 1.82) is 0 Å². The van der Waals surface area contributed by atoms with Gasteiger partial charge in [-0.3, -0.25) is 0 Å². The van der Waals surface area contributed by atoms with Crippen LogP contribution in [0.3, 0.4) is 0 Å². The van der Waals surface area contributed by atoms with Gasteiger partial charge in [0.25, 0.3) is 0 Å². The lowest BCUT2D eigenvalue weighted by Crippen LogP contribution is -2.44. The van der Waals surface area contributed by atoms with E-state index in [-0.39, 0.29) is 24.7 Å². The molecule has 18 heavy (non-hydrogen) atoms. The number of nitrogens with zero attached hydrogens (tertiary/aromatic N) is 1. The third-order valence-electron chi connectivity index (χ3n) is 2.93. The first-order valence-electron chi connectivity index (χ1n) is 5.85. The second-order valence-electron chi connectivity index (χ2n) is 4.37. The van der Waals surface area contributed by atoms with Gasteiger partial charge in [0, 0.05) is 12.1 Å². The Kier molecular flexibility index (Phi) is 5.44. The van der Waals surface area contributed by atoms with E-state index < -0.39 is 0 Å². The molecule has 0 aliphatic carbocycles. The van der Waals surface area contributed by atoms with Gasteiger partial charge in [-0.1, -0.05) is 23.7 Å². The van der Waals surface area contributed by atoms with Crippen molar-refractivity contribution in [2.75, 3.05) is 13.7 Å². The zero-order valence-corrected chi connectivity index (χ0v) is 11.6. The molecule has 0 heterocycles. The van der Waals surface area contributed by atoms with Crippen LogP contribution in [0, 0.1) is 0 Å². The monoisotopic (exact) mass is 270 g/mol. The van der Waals surface area contributed by atoms with Gasteiger partial charge in [-0.25, -0.2) is 4.79 Å². The van der Waals surface area contributed by atoms with Crippen molar-refractivity contribution in [1.82, 2.24) is 10.2 Å². The van der Waals surface area contributed by atoms with Gasteiger partial charge in [-0.2, -0.15) is 0 Å². The molecule has 0 saturated carbocycles. The maximum atomic E-state index is 11.9. The predicted molar refractivity (Wildman–Crippen MR) is 72.7 cm³/mol. The van der Waals surface area contributed by atoms with Crippen LogP contribution in [0.4, 0.5) is 4.79 Å². The van der Waals surface area contributed by atoms with Crippen LogP contribution in [-0.2, 0) is 0 Å². The zero-order chi connectivity index (χ0) is 13.7. The molecule has 0 aliphatic heterocycles. The van der Waals surface area contributed by atoms with Crippen molar-refractivity contribution in [3.8, 4) is 0 Å². The number of hydrogen-bond donors (Lipinski definition) is 2. The van der Waals surface area contributed by atoms with Gasteiger partial charge < -0.3 is 15.3 Å². The van der Waals surface area contributed by atoms with Gasteiger partial charge in [-0.05, 0) is 31.5 Å². The van der Waals surface area contributed by atoms with E-state index in [0.717, 1.165) is 5.56 Å². The highest BCUT2D eigenvalue weighted by atomic mass is 35.5. The lowest BCUT2D eigenvalue weighted by Gasteiger charge is -2.25. The summed E-state index contributed by atoms with van der Waals surface area (Å²) in [5, 5.41) is 12.5. The molecule has 100 valence electrons. The molecule has 4 nitrogen and oxygen atoms in total. The summed E-state index contributed by atoms with van der Waals surface area (Å²) in [7, 11) is 1.65. The SMILES string of the molecule is CC(NC(=O)N(C)C(C)CO)c1cccc(Cl)c1. The molecule has 0 saturated heterocycles. The third-order valence-corrected chi connectivity index (χ3v) is 3.17. The molecule has 2 unspecified atom stereocenters. The lowest BCUT2D eigenvalue weighted by molar-refractivity contribution is 0.155. The molecular weight excluding hydrogens is 252 g/mol. The maximum Gasteiger partial charge on any atom is 0.317 e. The Labute approximate surface area is 113 Å². The summed E-state index contributed by atoms with van der Waals surface area (Å²) in [6, 6.07) is 6.80. The number of hydrogen-bond acceptors (Lipinski definition) is 2. The van der Waals surface area contributed by atoms with Crippen LogP contribution in [-0.4, -0.2) is 35.7 Å². The molecule has 5 heteroatoms. The van der Waals surface area contributed by atoms with Gasteiger partial charge in [0.05, 0.1) is 18.7 Å². The Morgan fingerprint density at radius 3 is 2.72 bits per heavy atom. The number of amides is 2. The van der Waals surface area contributed by atoms with Gasteiger partial charge in [-0.15, -0.1) is 0 Å². The van der Waals surface area contributed by atoms with E-state index in [1.807, 2.05) is 25.1 Å². The molecule has 2 amide bonds. The second-order valence-corrected chi connectivity index (χ2v) is 4.81. The summed E-state index contributed by atoms with van der Waals surface area (Å²) < 4.78 is 0. The Morgan fingerprint density at radius 1 is 1.50 bits per heavy atom. The van der Waals surface area contributed by atoms with Crippen LogP contribution in [0.25, 0.3) is 0 Å². The van der Waals surface area contributed by atoms with Crippen molar-refractivity contribution in [2.45, 2.75) is 25.9 Å². The summed E-state index contributed by atoms with van der Waals surface area (Å²) in [5.74, 6) is 0. The van der Waals surface area contributed by atoms with Gasteiger partial charge in [0.2, 0.25) is 0 Å². The third kappa shape index (κ3) is 3.89. The first-order valence-corrected chi connectivity index (χ1v) is 6.23. The first-order chi connectivity index (χ1) is 8.45. The fourth-order valence-corrected chi connectivity index (χ4v) is 1.67. The molecule has 1 aromatic rings.